The van der Waals surface area contributed by atoms with Crippen LogP contribution in [0.5, 0.6) is 0 Å². The molecule has 0 aliphatic carbocycles. The summed E-state index contributed by atoms with van der Waals surface area (Å²) in [6.45, 7) is 8.63. The summed E-state index contributed by atoms with van der Waals surface area (Å²) < 4.78 is 0. The van der Waals surface area contributed by atoms with Gasteiger partial charge in [0.1, 0.15) is 5.82 Å². The second-order valence-corrected chi connectivity index (χ2v) is 5.52. The fourth-order valence-corrected chi connectivity index (χ4v) is 1.94. The van der Waals surface area contributed by atoms with Crippen LogP contribution in [0.15, 0.2) is 36.4 Å². The molecule has 0 saturated carbocycles. The highest BCUT2D eigenvalue weighted by Crippen LogP contribution is 2.22. The van der Waals surface area contributed by atoms with Gasteiger partial charge in [0.25, 0.3) is 0 Å². The lowest BCUT2D eigenvalue weighted by Crippen LogP contribution is -2.12. The Bertz CT molecular complexity index is 583. The van der Waals surface area contributed by atoms with Crippen molar-refractivity contribution >= 4 is 22.8 Å². The highest BCUT2D eigenvalue weighted by molar-refractivity contribution is 5.84. The normalized spacial score (nSPS) is 11.9. The Kier molecular flexibility index (Phi) is 4.20. The van der Waals surface area contributed by atoms with Crippen molar-refractivity contribution in [2.24, 2.45) is 5.92 Å². The molecule has 100 valence electrons. The van der Waals surface area contributed by atoms with Crippen molar-refractivity contribution in [2.45, 2.75) is 33.7 Å². The Morgan fingerprint density at radius 2 is 1.84 bits per heavy atom. The molecule has 2 aromatic rings. The fraction of sp³-hybridized carbons (Fsp3) is 0.353. The van der Waals surface area contributed by atoms with Crippen LogP contribution in [0, 0.1) is 5.92 Å². The van der Waals surface area contributed by atoms with E-state index in [1.165, 1.54) is 5.39 Å². The second kappa shape index (κ2) is 5.87. The third kappa shape index (κ3) is 3.57. The van der Waals surface area contributed by atoms with Crippen LogP contribution in [0.3, 0.4) is 0 Å². The number of benzene rings is 1. The maximum absolute atomic E-state index is 4.73. The van der Waals surface area contributed by atoms with Gasteiger partial charge in [0.15, 0.2) is 0 Å². The van der Waals surface area contributed by atoms with Crippen LogP contribution in [0.4, 0.5) is 5.82 Å². The lowest BCUT2D eigenvalue weighted by molar-refractivity contribution is 0.836. The lowest BCUT2D eigenvalue weighted by Gasteiger charge is -2.13. The number of rotatable bonds is 4. The number of pyridine rings is 1. The molecule has 0 saturated heterocycles. The van der Waals surface area contributed by atoms with Crippen LogP contribution in [0.1, 0.15) is 33.3 Å². The van der Waals surface area contributed by atoms with Crippen molar-refractivity contribution in [2.75, 3.05) is 5.32 Å². The summed E-state index contributed by atoms with van der Waals surface area (Å²) in [6.07, 6.45) is 4.37. The molecule has 2 heteroatoms. The van der Waals surface area contributed by atoms with Crippen LogP contribution in [0.2, 0.25) is 0 Å². The summed E-state index contributed by atoms with van der Waals surface area (Å²) in [4.78, 5) is 4.73. The van der Waals surface area contributed by atoms with Crippen LogP contribution >= 0.6 is 0 Å². The summed E-state index contributed by atoms with van der Waals surface area (Å²) in [5.41, 5.74) is 2.19. The third-order valence-corrected chi connectivity index (χ3v) is 2.84. The molecule has 2 rings (SSSR count). The molecule has 19 heavy (non-hydrogen) atoms. The molecular weight excluding hydrogens is 232 g/mol. The molecule has 1 aromatic heterocycles. The van der Waals surface area contributed by atoms with E-state index in [9.17, 15) is 0 Å². The van der Waals surface area contributed by atoms with Gasteiger partial charge in [-0.2, -0.15) is 0 Å². The minimum atomic E-state index is 0.375. The molecule has 2 nitrogen and oxygen atoms in total. The van der Waals surface area contributed by atoms with Crippen LogP contribution in [0.25, 0.3) is 17.0 Å². The van der Waals surface area contributed by atoms with Gasteiger partial charge in [-0.25, -0.2) is 4.98 Å². The van der Waals surface area contributed by atoms with Gasteiger partial charge in [-0.05, 0) is 31.9 Å². The van der Waals surface area contributed by atoms with Crippen molar-refractivity contribution in [1.29, 1.82) is 0 Å². The molecule has 1 heterocycles. The zero-order valence-corrected chi connectivity index (χ0v) is 12.1. The van der Waals surface area contributed by atoms with Crippen molar-refractivity contribution < 1.29 is 0 Å². The Morgan fingerprint density at radius 3 is 2.53 bits per heavy atom. The van der Waals surface area contributed by atoms with E-state index in [2.05, 4.69) is 69.4 Å². The number of nitrogens with one attached hydrogen (secondary N) is 1. The minimum absolute atomic E-state index is 0.375. The SMILES string of the molecule is CC(C)/C=C\c1cc2ccccc2nc1NC(C)C. The van der Waals surface area contributed by atoms with E-state index in [4.69, 9.17) is 4.98 Å². The molecule has 0 bridgehead atoms. The van der Waals surface area contributed by atoms with Gasteiger partial charge in [0.05, 0.1) is 5.52 Å². The first kappa shape index (κ1) is 13.6. The van der Waals surface area contributed by atoms with Gasteiger partial charge in [0.2, 0.25) is 0 Å². The van der Waals surface area contributed by atoms with Crippen molar-refractivity contribution in [3.05, 3.63) is 42.0 Å². The Labute approximate surface area is 115 Å². The predicted molar refractivity (Wildman–Crippen MR) is 84.4 cm³/mol. The van der Waals surface area contributed by atoms with E-state index in [0.717, 1.165) is 16.9 Å². The van der Waals surface area contributed by atoms with Crippen molar-refractivity contribution in [3.63, 3.8) is 0 Å². The van der Waals surface area contributed by atoms with Gasteiger partial charge in [-0.3, -0.25) is 0 Å². The standard InChI is InChI=1S/C17H22N2/c1-12(2)9-10-15-11-14-7-5-6-8-16(14)19-17(15)18-13(3)4/h5-13H,1-4H3,(H,18,19)/b10-9-. The molecule has 0 atom stereocenters. The smallest absolute Gasteiger partial charge is 0.134 e. The molecule has 0 aliphatic heterocycles. The van der Waals surface area contributed by atoms with Crippen LogP contribution in [-0.4, -0.2) is 11.0 Å². The quantitative estimate of drug-likeness (QED) is 0.853. The van der Waals surface area contributed by atoms with Gasteiger partial charge in [0, 0.05) is 17.0 Å². The number of hydrogen-bond acceptors (Lipinski definition) is 2. The predicted octanol–water partition coefficient (Wildman–Crippen LogP) is 4.72. The van der Waals surface area contributed by atoms with Gasteiger partial charge in [-0.15, -0.1) is 0 Å². The van der Waals surface area contributed by atoms with Crippen LogP contribution < -0.4 is 5.32 Å². The highest BCUT2D eigenvalue weighted by Gasteiger charge is 2.05. The van der Waals surface area contributed by atoms with E-state index in [0.29, 0.717) is 12.0 Å². The summed E-state index contributed by atoms with van der Waals surface area (Å²) in [6, 6.07) is 10.8. The number of allylic oxidation sites excluding steroid dienone is 1. The average molecular weight is 254 g/mol. The Hall–Kier alpha value is -1.83. The molecule has 0 aliphatic rings. The second-order valence-electron chi connectivity index (χ2n) is 5.52. The zero-order chi connectivity index (χ0) is 13.8. The van der Waals surface area contributed by atoms with Crippen LogP contribution in [-0.2, 0) is 0 Å². The number of anilines is 1. The van der Waals surface area contributed by atoms with Crippen molar-refractivity contribution in [1.82, 2.24) is 4.98 Å². The third-order valence-electron chi connectivity index (χ3n) is 2.84. The topological polar surface area (TPSA) is 24.9 Å². The zero-order valence-electron chi connectivity index (χ0n) is 12.1. The molecule has 0 amide bonds. The first-order valence-electron chi connectivity index (χ1n) is 6.91. The molecule has 0 radical (unpaired) electrons. The van der Waals surface area contributed by atoms with Gasteiger partial charge < -0.3 is 5.32 Å². The number of aromatic nitrogens is 1. The van der Waals surface area contributed by atoms with E-state index in [-0.39, 0.29) is 0 Å². The molecule has 0 fully saturated rings. The van der Waals surface area contributed by atoms with E-state index < -0.39 is 0 Å². The lowest BCUT2D eigenvalue weighted by atomic mass is 10.1. The summed E-state index contributed by atoms with van der Waals surface area (Å²) in [5.74, 6) is 1.50. The fourth-order valence-electron chi connectivity index (χ4n) is 1.94. The first-order chi connectivity index (χ1) is 9.06. The first-order valence-corrected chi connectivity index (χ1v) is 6.91. The summed E-state index contributed by atoms with van der Waals surface area (Å²) in [5, 5.41) is 4.61. The number of para-hydroxylation sites is 1. The molecular formula is C17H22N2. The minimum Gasteiger partial charge on any atom is -0.367 e. The maximum Gasteiger partial charge on any atom is 0.134 e. The Morgan fingerprint density at radius 1 is 1.11 bits per heavy atom. The maximum atomic E-state index is 4.73. The Balaban J connectivity index is 2.50. The molecule has 1 N–H and O–H groups in total. The number of nitrogens with zero attached hydrogens (tertiary/aromatic N) is 1. The van der Waals surface area contributed by atoms with Gasteiger partial charge in [-0.1, -0.05) is 44.2 Å². The monoisotopic (exact) mass is 254 g/mol. The molecule has 0 spiro atoms. The van der Waals surface area contributed by atoms with E-state index in [1.54, 1.807) is 0 Å². The number of hydrogen-bond donors (Lipinski definition) is 1. The van der Waals surface area contributed by atoms with E-state index in [1.807, 2.05) is 6.07 Å². The number of fused-ring (bicyclic) bond motifs is 1. The molecule has 1 aromatic carbocycles. The van der Waals surface area contributed by atoms with Gasteiger partial charge >= 0.3 is 0 Å². The summed E-state index contributed by atoms with van der Waals surface area (Å²) in [7, 11) is 0. The van der Waals surface area contributed by atoms with Crippen molar-refractivity contribution in [3.8, 4) is 0 Å². The molecule has 0 unspecified atom stereocenters. The largest absolute Gasteiger partial charge is 0.367 e. The highest BCUT2D eigenvalue weighted by atomic mass is 15.0. The summed E-state index contributed by atoms with van der Waals surface area (Å²) >= 11 is 0. The van der Waals surface area contributed by atoms with E-state index >= 15 is 0 Å². The average Bonchev–Trinajstić information content (AvgIpc) is 2.35.